The normalized spacial score (nSPS) is 17.7. The van der Waals surface area contributed by atoms with Crippen LogP contribution in [0.5, 0.6) is 0 Å². The number of nitrogens with one attached hydrogen (secondary N) is 2. The van der Waals surface area contributed by atoms with Crippen LogP contribution in [0, 0.1) is 0 Å². The molecular weight excluding hydrogens is 472 g/mol. The summed E-state index contributed by atoms with van der Waals surface area (Å²) in [5.41, 5.74) is 2.71. The van der Waals surface area contributed by atoms with Gasteiger partial charge in [0.15, 0.2) is 0 Å². The first-order chi connectivity index (χ1) is 17.6. The summed E-state index contributed by atoms with van der Waals surface area (Å²) in [5, 5.41) is 14.6. The highest BCUT2D eigenvalue weighted by molar-refractivity contribution is 5.92. The van der Waals surface area contributed by atoms with Crippen LogP contribution in [0.4, 0.5) is 15.3 Å². The first-order valence-corrected chi connectivity index (χ1v) is 12.6. The molecule has 0 unspecified atom stereocenters. The van der Waals surface area contributed by atoms with E-state index in [2.05, 4.69) is 10.6 Å². The Labute approximate surface area is 218 Å². The van der Waals surface area contributed by atoms with Crippen molar-refractivity contribution in [1.29, 1.82) is 0 Å². The van der Waals surface area contributed by atoms with Gasteiger partial charge in [-0.3, -0.25) is 10.1 Å². The molecule has 0 heterocycles. The van der Waals surface area contributed by atoms with Crippen molar-refractivity contribution in [2.45, 2.75) is 77.0 Å². The summed E-state index contributed by atoms with van der Waals surface area (Å²) >= 11 is 0. The summed E-state index contributed by atoms with van der Waals surface area (Å²) in [5.74, 6) is -0.844. The van der Waals surface area contributed by atoms with Gasteiger partial charge in [-0.2, -0.15) is 0 Å². The van der Waals surface area contributed by atoms with E-state index in [1.165, 1.54) is 0 Å². The number of alkyl carbamates (subject to hydrolysis) is 1. The fourth-order valence-corrected chi connectivity index (χ4v) is 4.15. The predicted molar refractivity (Wildman–Crippen MR) is 143 cm³/mol. The van der Waals surface area contributed by atoms with Gasteiger partial charge in [0, 0.05) is 18.0 Å². The number of carboxylic acid groups (broad SMARTS) is 1. The molecule has 2 aromatic carbocycles. The van der Waals surface area contributed by atoms with E-state index >= 15 is 0 Å². The molecule has 37 heavy (non-hydrogen) atoms. The number of carboxylic acids is 1. The number of amides is 2. The molecule has 8 nitrogen and oxygen atoms in total. The molecule has 0 bridgehead atoms. The van der Waals surface area contributed by atoms with Gasteiger partial charge in [-0.25, -0.2) is 9.59 Å². The summed E-state index contributed by atoms with van der Waals surface area (Å²) in [6, 6.07) is 15.4. The van der Waals surface area contributed by atoms with Crippen molar-refractivity contribution in [1.82, 2.24) is 5.32 Å². The van der Waals surface area contributed by atoms with E-state index in [9.17, 15) is 14.4 Å². The highest BCUT2D eigenvalue weighted by Crippen LogP contribution is 2.30. The van der Waals surface area contributed by atoms with Gasteiger partial charge in [0.05, 0.1) is 5.69 Å². The van der Waals surface area contributed by atoms with E-state index < -0.39 is 23.8 Å². The Morgan fingerprint density at radius 3 is 2.35 bits per heavy atom. The Hall–Kier alpha value is -3.81. The van der Waals surface area contributed by atoms with Crippen molar-refractivity contribution >= 4 is 29.9 Å². The zero-order chi connectivity index (χ0) is 26.8. The molecule has 0 aromatic heterocycles. The maximum Gasteiger partial charge on any atom is 0.411 e. The van der Waals surface area contributed by atoms with Crippen LogP contribution in [0.2, 0.25) is 0 Å². The number of aliphatic carboxylic acids is 1. The molecule has 0 aliphatic heterocycles. The molecule has 0 saturated heterocycles. The van der Waals surface area contributed by atoms with Crippen LogP contribution in [-0.2, 0) is 14.3 Å². The van der Waals surface area contributed by atoms with Crippen molar-refractivity contribution < 1.29 is 29.0 Å². The van der Waals surface area contributed by atoms with Crippen molar-refractivity contribution in [2.24, 2.45) is 0 Å². The van der Waals surface area contributed by atoms with Gasteiger partial charge in [0.25, 0.3) is 0 Å². The Balaban J connectivity index is 1.61. The van der Waals surface area contributed by atoms with Crippen LogP contribution < -0.4 is 10.6 Å². The average molecular weight is 509 g/mol. The van der Waals surface area contributed by atoms with Crippen LogP contribution >= 0.6 is 0 Å². The molecule has 1 saturated carbocycles. The first kappa shape index (κ1) is 27.8. The molecule has 8 heteroatoms. The van der Waals surface area contributed by atoms with Gasteiger partial charge in [0.2, 0.25) is 0 Å². The van der Waals surface area contributed by atoms with Crippen LogP contribution in [-0.4, -0.2) is 41.0 Å². The summed E-state index contributed by atoms with van der Waals surface area (Å²) in [6.45, 7) is 5.47. The third-order valence-corrected chi connectivity index (χ3v) is 5.87. The van der Waals surface area contributed by atoms with E-state index in [1.54, 1.807) is 6.08 Å². The third kappa shape index (κ3) is 9.63. The number of anilines is 1. The monoisotopic (exact) mass is 508 g/mol. The van der Waals surface area contributed by atoms with Crippen molar-refractivity contribution in [2.75, 3.05) is 5.32 Å². The molecule has 3 N–H and O–H groups in total. The molecule has 0 spiro atoms. The van der Waals surface area contributed by atoms with Crippen LogP contribution in [0.15, 0.2) is 54.6 Å². The number of carbonyl (C=O) groups excluding carboxylic acids is 2. The number of ether oxygens (including phenoxy) is 2. The summed E-state index contributed by atoms with van der Waals surface area (Å²) < 4.78 is 11.0. The fourth-order valence-electron chi connectivity index (χ4n) is 4.15. The molecule has 2 amide bonds. The summed E-state index contributed by atoms with van der Waals surface area (Å²) in [7, 11) is 0. The van der Waals surface area contributed by atoms with Crippen LogP contribution in [0.3, 0.4) is 0 Å². The highest BCUT2D eigenvalue weighted by atomic mass is 16.6. The van der Waals surface area contributed by atoms with Crippen LogP contribution in [0.25, 0.3) is 17.2 Å². The molecule has 0 atom stereocenters. The molecular formula is C29H36N2O6. The molecule has 2 aromatic rings. The third-order valence-electron chi connectivity index (χ3n) is 5.87. The minimum Gasteiger partial charge on any atom is -0.481 e. The number of benzene rings is 2. The zero-order valence-corrected chi connectivity index (χ0v) is 21.7. The smallest absolute Gasteiger partial charge is 0.411 e. The van der Waals surface area contributed by atoms with E-state index in [0.717, 1.165) is 16.7 Å². The molecule has 1 fully saturated rings. The van der Waals surface area contributed by atoms with Gasteiger partial charge in [-0.15, -0.1) is 0 Å². The molecule has 3 rings (SSSR count). The quantitative estimate of drug-likeness (QED) is 0.369. The molecule has 198 valence electrons. The van der Waals surface area contributed by atoms with Crippen molar-refractivity contribution in [3.05, 3.63) is 60.2 Å². The Morgan fingerprint density at radius 2 is 1.70 bits per heavy atom. The minimum atomic E-state index is -0.844. The highest BCUT2D eigenvalue weighted by Gasteiger charge is 2.27. The average Bonchev–Trinajstić information content (AvgIpc) is 2.82. The number of allylic oxidation sites excluding steroid dienone is 1. The van der Waals surface area contributed by atoms with Gasteiger partial charge in [0.1, 0.15) is 11.7 Å². The van der Waals surface area contributed by atoms with Gasteiger partial charge < -0.3 is 19.9 Å². The molecule has 1 aliphatic carbocycles. The van der Waals surface area contributed by atoms with Gasteiger partial charge >= 0.3 is 18.2 Å². The maximum absolute atomic E-state index is 12.8. The fraction of sp³-hybridized carbons (Fsp3) is 0.414. The molecule has 1 aliphatic rings. The number of hydrogen-bond acceptors (Lipinski definition) is 5. The topological polar surface area (TPSA) is 114 Å². The lowest BCUT2D eigenvalue weighted by molar-refractivity contribution is -0.136. The standard InChI is InChI=1S/C29H36N2O6/c1-29(2,3)37-28(35)30-22-14-16-23(17-15-22)36-27(34)31-25-19-20(9-7-8-12-26(32)33)13-18-24(25)21-10-5-4-6-11-21/h4-7,9-11,13,18-19,22-23H,8,12,14-17H2,1-3H3,(H,30,35)(H,31,34)(H,32,33)/b9-7+/t22-,23-. The number of carbonyl (C=O) groups is 3. The lowest BCUT2D eigenvalue weighted by Crippen LogP contribution is -2.42. The molecule has 0 radical (unpaired) electrons. The minimum absolute atomic E-state index is 0.00737. The van der Waals surface area contributed by atoms with Crippen molar-refractivity contribution in [3.8, 4) is 11.1 Å². The lowest BCUT2D eigenvalue weighted by Gasteiger charge is -2.30. The largest absolute Gasteiger partial charge is 0.481 e. The second-order valence-electron chi connectivity index (χ2n) is 10.2. The van der Waals surface area contributed by atoms with E-state index in [1.807, 2.05) is 75.4 Å². The second-order valence-corrected chi connectivity index (χ2v) is 10.2. The predicted octanol–water partition coefficient (Wildman–Crippen LogP) is 6.62. The zero-order valence-electron chi connectivity index (χ0n) is 21.7. The van der Waals surface area contributed by atoms with Gasteiger partial charge in [-0.1, -0.05) is 54.6 Å². The van der Waals surface area contributed by atoms with E-state index in [-0.39, 0.29) is 18.6 Å². The number of rotatable bonds is 8. The van der Waals surface area contributed by atoms with Crippen molar-refractivity contribution in [3.63, 3.8) is 0 Å². The van der Waals surface area contributed by atoms with Gasteiger partial charge in [-0.05, 0) is 70.1 Å². The summed E-state index contributed by atoms with van der Waals surface area (Å²) in [6.07, 6.45) is 5.61. The lowest BCUT2D eigenvalue weighted by atomic mass is 9.93. The van der Waals surface area contributed by atoms with E-state index in [0.29, 0.717) is 37.8 Å². The number of hydrogen-bond donors (Lipinski definition) is 3. The Bertz CT molecular complexity index is 1100. The maximum atomic E-state index is 12.8. The Kier molecular flexibility index (Phi) is 9.71. The SMILES string of the molecule is CC(C)(C)OC(=O)N[C@H]1CC[C@H](OC(=O)Nc2cc(/C=C/CCC(=O)O)ccc2-c2ccccc2)CC1. The van der Waals surface area contributed by atoms with Crippen LogP contribution in [0.1, 0.15) is 64.9 Å². The second kappa shape index (κ2) is 12.9. The Morgan fingerprint density at radius 1 is 1.00 bits per heavy atom. The first-order valence-electron chi connectivity index (χ1n) is 12.6. The summed E-state index contributed by atoms with van der Waals surface area (Å²) in [4.78, 5) is 35.6. The van der Waals surface area contributed by atoms with E-state index in [4.69, 9.17) is 14.6 Å².